The Balaban J connectivity index is 1.77. The van der Waals surface area contributed by atoms with E-state index in [1.165, 1.54) is 9.36 Å². The molecule has 5 heteroatoms. The summed E-state index contributed by atoms with van der Waals surface area (Å²) in [4.78, 5) is 12.0. The maximum atomic E-state index is 12.0. The van der Waals surface area contributed by atoms with Gasteiger partial charge in [-0.1, -0.05) is 36.4 Å². The van der Waals surface area contributed by atoms with E-state index >= 15 is 0 Å². The average Bonchev–Trinajstić information content (AvgIpc) is 3.17. The molecular weight excluding hydrogens is 252 g/mol. The number of benzene rings is 1. The molecule has 0 aliphatic rings. The first-order valence-corrected chi connectivity index (χ1v) is 6.16. The zero-order valence-electron chi connectivity index (χ0n) is 10.6. The minimum Gasteiger partial charge on any atom is -0.244 e. The quantitative estimate of drug-likeness (QED) is 0.715. The normalized spacial score (nSPS) is 11.0. The van der Waals surface area contributed by atoms with Crippen LogP contribution in [0.15, 0.2) is 61.1 Å². The minimum atomic E-state index is -0.311. The van der Waals surface area contributed by atoms with Gasteiger partial charge < -0.3 is 0 Å². The van der Waals surface area contributed by atoms with Crippen LogP contribution in [0.2, 0.25) is 0 Å². The van der Waals surface area contributed by atoms with Gasteiger partial charge in [-0.25, -0.2) is 4.79 Å². The minimum absolute atomic E-state index is 0.311. The highest BCUT2D eigenvalue weighted by Crippen LogP contribution is 2.06. The highest BCUT2D eigenvalue weighted by molar-refractivity contribution is 5.78. The number of hydrogen-bond acceptors (Lipinski definition) is 3. The van der Waals surface area contributed by atoms with Crippen LogP contribution >= 0.6 is 0 Å². The predicted molar refractivity (Wildman–Crippen MR) is 76.0 cm³/mol. The molecule has 2 heterocycles. The number of rotatable bonds is 2. The van der Waals surface area contributed by atoms with Gasteiger partial charge in [0.25, 0.3) is 0 Å². The summed E-state index contributed by atoms with van der Waals surface area (Å²) >= 11 is 0. The Morgan fingerprint density at radius 2 is 1.80 bits per heavy atom. The maximum absolute atomic E-state index is 12.0. The molecule has 0 atom stereocenters. The molecule has 98 valence electrons. The van der Waals surface area contributed by atoms with E-state index in [4.69, 9.17) is 0 Å². The summed E-state index contributed by atoms with van der Waals surface area (Å²) in [7, 11) is 0. The summed E-state index contributed by atoms with van der Waals surface area (Å²) in [5.41, 5.74) is 1.80. The van der Waals surface area contributed by atoms with E-state index in [9.17, 15) is 4.79 Å². The molecule has 0 bridgehead atoms. The average molecular weight is 264 g/mol. The first-order chi connectivity index (χ1) is 9.83. The fourth-order valence-electron chi connectivity index (χ4n) is 1.77. The van der Waals surface area contributed by atoms with Crippen molar-refractivity contribution in [2.45, 2.75) is 0 Å². The van der Waals surface area contributed by atoms with Gasteiger partial charge in [-0.3, -0.25) is 0 Å². The molecule has 2 aromatic heterocycles. The fourth-order valence-corrected chi connectivity index (χ4v) is 1.77. The summed E-state index contributed by atoms with van der Waals surface area (Å²) in [6.45, 7) is 0. The number of carbonyl (C=O) groups excluding carboxylic acids is 1. The second-order valence-electron chi connectivity index (χ2n) is 4.16. The van der Waals surface area contributed by atoms with E-state index in [1.807, 2.05) is 42.5 Å². The molecule has 5 nitrogen and oxygen atoms in total. The summed E-state index contributed by atoms with van der Waals surface area (Å²) in [6, 6.07) is 13.1. The molecule has 0 amide bonds. The molecule has 0 unspecified atom stereocenters. The van der Waals surface area contributed by atoms with Crippen LogP contribution in [0.1, 0.15) is 11.3 Å². The van der Waals surface area contributed by atoms with Crippen molar-refractivity contribution in [2.24, 2.45) is 0 Å². The summed E-state index contributed by atoms with van der Waals surface area (Å²) < 4.78 is 2.50. The second kappa shape index (κ2) is 5.36. The highest BCUT2D eigenvalue weighted by Gasteiger charge is 2.08. The van der Waals surface area contributed by atoms with E-state index in [2.05, 4.69) is 10.2 Å². The van der Waals surface area contributed by atoms with Crippen molar-refractivity contribution in [1.29, 1.82) is 0 Å². The topological polar surface area (TPSA) is 52.7 Å². The zero-order chi connectivity index (χ0) is 13.8. The van der Waals surface area contributed by atoms with Crippen LogP contribution in [-0.4, -0.2) is 25.6 Å². The van der Waals surface area contributed by atoms with E-state index < -0.39 is 0 Å². The standard InChI is InChI=1S/C15H12N4O/c20-15(18-11-4-10-16-18)19-12-9-14(17-19)8-7-13-5-2-1-3-6-13/h1-12H/b8-7+. The molecule has 1 aromatic carbocycles. The smallest absolute Gasteiger partial charge is 0.244 e. The van der Waals surface area contributed by atoms with Crippen LogP contribution in [0.4, 0.5) is 4.79 Å². The van der Waals surface area contributed by atoms with Crippen molar-refractivity contribution in [2.75, 3.05) is 0 Å². The number of carbonyl (C=O) groups is 1. The lowest BCUT2D eigenvalue weighted by atomic mass is 10.2. The Bertz CT molecular complexity index is 726. The first kappa shape index (κ1) is 12.1. The van der Waals surface area contributed by atoms with Gasteiger partial charge in [0.05, 0.1) is 5.69 Å². The molecule has 20 heavy (non-hydrogen) atoms. The second-order valence-corrected chi connectivity index (χ2v) is 4.16. The molecule has 0 fully saturated rings. The molecular formula is C15H12N4O. The predicted octanol–water partition coefficient (Wildman–Crippen LogP) is 2.77. The van der Waals surface area contributed by atoms with Gasteiger partial charge in [0.15, 0.2) is 0 Å². The Kier molecular flexibility index (Phi) is 3.24. The lowest BCUT2D eigenvalue weighted by molar-refractivity contribution is 0.238. The van der Waals surface area contributed by atoms with Crippen molar-refractivity contribution in [1.82, 2.24) is 19.6 Å². The number of aromatic nitrogens is 4. The van der Waals surface area contributed by atoms with Crippen molar-refractivity contribution in [3.05, 3.63) is 72.3 Å². The van der Waals surface area contributed by atoms with Crippen molar-refractivity contribution in [3.63, 3.8) is 0 Å². The van der Waals surface area contributed by atoms with E-state index in [1.54, 1.807) is 30.7 Å². The third-order valence-corrected chi connectivity index (χ3v) is 2.75. The largest absolute Gasteiger partial charge is 0.369 e. The van der Waals surface area contributed by atoms with Crippen LogP contribution in [0, 0.1) is 0 Å². The van der Waals surface area contributed by atoms with Crippen molar-refractivity contribution in [3.8, 4) is 0 Å². The van der Waals surface area contributed by atoms with Gasteiger partial charge in [-0.2, -0.15) is 19.6 Å². The Labute approximate surface area is 115 Å². The van der Waals surface area contributed by atoms with Crippen LogP contribution in [0.3, 0.4) is 0 Å². The molecule has 0 aliphatic carbocycles. The number of nitrogens with zero attached hydrogens (tertiary/aromatic N) is 4. The van der Waals surface area contributed by atoms with Gasteiger partial charge in [0.2, 0.25) is 0 Å². The van der Waals surface area contributed by atoms with Crippen LogP contribution in [0.5, 0.6) is 0 Å². The molecule has 0 spiro atoms. The van der Waals surface area contributed by atoms with E-state index in [-0.39, 0.29) is 6.03 Å². The van der Waals surface area contributed by atoms with Crippen molar-refractivity contribution < 1.29 is 4.79 Å². The van der Waals surface area contributed by atoms with Crippen molar-refractivity contribution >= 4 is 18.2 Å². The highest BCUT2D eigenvalue weighted by atomic mass is 16.2. The van der Waals surface area contributed by atoms with Gasteiger partial charge >= 0.3 is 6.03 Å². The summed E-state index contributed by atoms with van der Waals surface area (Å²) in [5.74, 6) is 0. The molecule has 3 rings (SSSR count). The van der Waals surface area contributed by atoms with E-state index in [0.717, 1.165) is 5.56 Å². The maximum Gasteiger partial charge on any atom is 0.369 e. The molecule has 0 saturated carbocycles. The Hall–Kier alpha value is -2.95. The van der Waals surface area contributed by atoms with E-state index in [0.29, 0.717) is 5.69 Å². The number of hydrogen-bond donors (Lipinski definition) is 0. The summed E-state index contributed by atoms with van der Waals surface area (Å²) in [5, 5.41) is 8.08. The van der Waals surface area contributed by atoms with Gasteiger partial charge in [0, 0.05) is 18.6 Å². The Morgan fingerprint density at radius 3 is 2.55 bits per heavy atom. The van der Waals surface area contributed by atoms with Crippen LogP contribution in [-0.2, 0) is 0 Å². The van der Waals surface area contributed by atoms with Gasteiger partial charge in [-0.05, 0) is 23.8 Å². The summed E-state index contributed by atoms with van der Waals surface area (Å²) in [6.07, 6.45) is 8.57. The zero-order valence-corrected chi connectivity index (χ0v) is 10.6. The van der Waals surface area contributed by atoms with Crippen LogP contribution in [0.25, 0.3) is 12.2 Å². The fraction of sp³-hybridized carbons (Fsp3) is 0. The lowest BCUT2D eigenvalue weighted by Crippen LogP contribution is -2.20. The lowest BCUT2D eigenvalue weighted by Gasteiger charge is -1.98. The van der Waals surface area contributed by atoms with Gasteiger partial charge in [0.1, 0.15) is 0 Å². The SMILES string of the molecule is O=C(n1cccn1)n1ccc(/C=C/c2ccccc2)n1. The monoisotopic (exact) mass is 264 g/mol. The first-order valence-electron chi connectivity index (χ1n) is 6.16. The molecule has 0 radical (unpaired) electrons. The molecule has 3 aromatic rings. The Morgan fingerprint density at radius 1 is 0.950 bits per heavy atom. The molecule has 0 N–H and O–H groups in total. The van der Waals surface area contributed by atoms with Crippen LogP contribution < -0.4 is 0 Å². The molecule has 0 saturated heterocycles. The third-order valence-electron chi connectivity index (χ3n) is 2.75. The van der Waals surface area contributed by atoms with Gasteiger partial charge in [-0.15, -0.1) is 0 Å². The molecule has 0 aliphatic heterocycles. The third kappa shape index (κ3) is 2.56.